The summed E-state index contributed by atoms with van der Waals surface area (Å²) in [5.74, 6) is 0.217. The summed E-state index contributed by atoms with van der Waals surface area (Å²) in [6.07, 6.45) is 11.6. The van der Waals surface area contributed by atoms with Gasteiger partial charge < -0.3 is 34.4 Å². The lowest BCUT2D eigenvalue weighted by Gasteiger charge is -2.54. The smallest absolute Gasteiger partial charge is 0.407 e. The zero-order valence-electron chi connectivity index (χ0n) is 35.4. The standard InChI is InChI=1S/C36H50F2N4O3.C10H19NO.H2/c1-26-11-12-33(31(38)21-26)42-24-35(25-42,45-3)23-41-18-13-27(14-19-41)36(15-20-40-16-6-17-40,28-7-4-8-29(37)22-28)30-9-5-10-32(30)39-34(43)44-2;1-4-7-8-9-11(6-3)10(12)5-2;/h4,7-8,11-12,21-22,27,30,32H,5-6,9-10,13-20,23-25H2,1-3H3,(H,39,43);5H,2,4,6-9H2,1,3H3;1H/t30-,32-,36-;;/m0../s1. The Balaban J connectivity index is 0.000000498. The van der Waals surface area contributed by atoms with Crippen molar-refractivity contribution in [2.24, 2.45) is 11.8 Å². The van der Waals surface area contributed by atoms with Gasteiger partial charge in [-0.05, 0) is 145 Å². The van der Waals surface area contributed by atoms with Crippen molar-refractivity contribution in [1.82, 2.24) is 20.0 Å². The molecule has 4 aliphatic rings. The molecule has 1 saturated carbocycles. The summed E-state index contributed by atoms with van der Waals surface area (Å²) in [5, 5.41) is 3.18. The third kappa shape index (κ3) is 10.9. The maximum atomic E-state index is 15.0. The molecule has 2 aromatic carbocycles. The van der Waals surface area contributed by atoms with E-state index in [1.807, 2.05) is 36.9 Å². The zero-order chi connectivity index (χ0) is 41.0. The number of methoxy groups -OCH3 is 2. The first-order valence-electron chi connectivity index (χ1n) is 21.5. The normalized spacial score (nSPS) is 22.0. The van der Waals surface area contributed by atoms with E-state index in [0.29, 0.717) is 24.7 Å². The Morgan fingerprint density at radius 2 is 1.75 bits per heavy atom. The molecule has 6 rings (SSSR count). The Kier molecular flexibility index (Phi) is 16.4. The molecule has 3 saturated heterocycles. The first-order valence-corrected chi connectivity index (χ1v) is 21.5. The second-order valence-corrected chi connectivity index (χ2v) is 16.9. The zero-order valence-corrected chi connectivity index (χ0v) is 35.4. The van der Waals surface area contributed by atoms with Crippen LogP contribution in [0, 0.1) is 30.4 Å². The second kappa shape index (κ2) is 20.9. The summed E-state index contributed by atoms with van der Waals surface area (Å²) in [7, 11) is 3.19. The number of likely N-dealkylation sites (N-methyl/N-ethyl adjacent to an activating group) is 1. The highest BCUT2D eigenvalue weighted by Gasteiger charge is 2.53. The third-order valence-electron chi connectivity index (χ3n) is 13.4. The van der Waals surface area contributed by atoms with Crippen molar-refractivity contribution in [2.75, 3.05) is 84.6 Å². The van der Waals surface area contributed by atoms with Gasteiger partial charge in [-0.15, -0.1) is 0 Å². The highest BCUT2D eigenvalue weighted by Crippen LogP contribution is 2.53. The van der Waals surface area contributed by atoms with Crippen LogP contribution >= 0.6 is 0 Å². The van der Waals surface area contributed by atoms with Crippen LogP contribution in [0.25, 0.3) is 0 Å². The first kappa shape index (κ1) is 44.6. The van der Waals surface area contributed by atoms with Crippen molar-refractivity contribution in [3.63, 3.8) is 0 Å². The molecule has 0 aromatic heterocycles. The van der Waals surface area contributed by atoms with Crippen LogP contribution in [0.5, 0.6) is 0 Å². The molecule has 1 aliphatic carbocycles. The summed E-state index contributed by atoms with van der Waals surface area (Å²) in [5.41, 5.74) is 2.04. The van der Waals surface area contributed by atoms with Crippen molar-refractivity contribution >= 4 is 17.7 Å². The molecule has 0 spiro atoms. The van der Waals surface area contributed by atoms with Gasteiger partial charge in [-0.2, -0.15) is 0 Å². The lowest BCUT2D eigenvalue weighted by atomic mass is 9.56. The largest absolute Gasteiger partial charge is 0.453 e. The Bertz CT molecular complexity index is 1620. The molecule has 0 radical (unpaired) electrons. The van der Waals surface area contributed by atoms with Crippen molar-refractivity contribution in [2.45, 2.75) is 102 Å². The molecule has 2 amide bonds. The number of hydrogen-bond acceptors (Lipinski definition) is 7. The van der Waals surface area contributed by atoms with Crippen LogP contribution in [0.3, 0.4) is 0 Å². The summed E-state index contributed by atoms with van der Waals surface area (Å²) >= 11 is 0. The van der Waals surface area contributed by atoms with Gasteiger partial charge in [-0.3, -0.25) is 4.79 Å². The number of anilines is 1. The molecule has 9 nitrogen and oxygen atoms in total. The Morgan fingerprint density at radius 3 is 2.35 bits per heavy atom. The van der Waals surface area contributed by atoms with Gasteiger partial charge in [0.15, 0.2) is 0 Å². The van der Waals surface area contributed by atoms with E-state index in [-0.39, 0.29) is 48.0 Å². The van der Waals surface area contributed by atoms with Crippen molar-refractivity contribution in [3.8, 4) is 0 Å². The van der Waals surface area contributed by atoms with E-state index in [4.69, 9.17) is 9.47 Å². The second-order valence-electron chi connectivity index (χ2n) is 16.9. The molecule has 11 heteroatoms. The summed E-state index contributed by atoms with van der Waals surface area (Å²) in [4.78, 5) is 32.5. The highest BCUT2D eigenvalue weighted by molar-refractivity contribution is 5.86. The Labute approximate surface area is 342 Å². The third-order valence-corrected chi connectivity index (χ3v) is 13.4. The molecule has 3 heterocycles. The fourth-order valence-corrected chi connectivity index (χ4v) is 10.1. The molecule has 3 aliphatic heterocycles. The Morgan fingerprint density at radius 1 is 1.00 bits per heavy atom. The average Bonchev–Trinajstić information content (AvgIpc) is 3.64. The van der Waals surface area contributed by atoms with E-state index < -0.39 is 0 Å². The molecule has 57 heavy (non-hydrogen) atoms. The van der Waals surface area contributed by atoms with Gasteiger partial charge in [0, 0.05) is 39.6 Å². The van der Waals surface area contributed by atoms with Crippen molar-refractivity contribution in [1.29, 1.82) is 0 Å². The summed E-state index contributed by atoms with van der Waals surface area (Å²) < 4.78 is 40.8. The van der Waals surface area contributed by atoms with E-state index in [1.165, 1.54) is 32.4 Å². The maximum absolute atomic E-state index is 15.0. The van der Waals surface area contributed by atoms with Gasteiger partial charge in [0.25, 0.3) is 0 Å². The van der Waals surface area contributed by atoms with Crippen molar-refractivity contribution < 1.29 is 29.3 Å². The van der Waals surface area contributed by atoms with E-state index in [0.717, 1.165) is 108 Å². The molecule has 0 unspecified atom stereocenters. The van der Waals surface area contributed by atoms with E-state index in [2.05, 4.69) is 39.6 Å². The van der Waals surface area contributed by atoms with Gasteiger partial charge in [-0.25, -0.2) is 13.6 Å². The minimum Gasteiger partial charge on any atom is -0.453 e. The minimum atomic E-state index is -0.387. The number of likely N-dealkylation sites (tertiary alicyclic amines) is 2. The molecule has 4 fully saturated rings. The first-order chi connectivity index (χ1) is 27.5. The molecule has 0 bridgehead atoms. The number of unbranched alkanes of at least 4 members (excludes halogenated alkanes) is 2. The van der Waals surface area contributed by atoms with Crippen molar-refractivity contribution in [3.05, 3.63) is 77.9 Å². The number of rotatable bonds is 17. The SMILES string of the molecule is C=CC(=O)N(CC)CCCCC.COC(=O)N[C@H]1CCC[C@@H]1[C@](CCN1CCC1)(c1cccc(F)c1)C1CCN(CC2(OC)CN(c3ccc(C)cc3F)C2)CC1.[HH]. The number of aryl methyl sites for hydroxylation is 1. The number of piperidine rings is 1. The van der Waals surface area contributed by atoms with Gasteiger partial charge in [0.2, 0.25) is 5.91 Å². The molecule has 3 atom stereocenters. The van der Waals surface area contributed by atoms with Gasteiger partial charge in [0.1, 0.15) is 17.2 Å². The predicted molar refractivity (Wildman–Crippen MR) is 227 cm³/mol. The van der Waals surface area contributed by atoms with Crippen LogP contribution in [-0.4, -0.2) is 118 Å². The van der Waals surface area contributed by atoms with E-state index in [9.17, 15) is 18.4 Å². The molecule has 1 N–H and O–H groups in total. The number of carbonyl (C=O) groups excluding carboxylic acids is 2. The maximum Gasteiger partial charge on any atom is 0.407 e. The van der Waals surface area contributed by atoms with E-state index >= 15 is 0 Å². The number of nitrogens with zero attached hydrogens (tertiary/aromatic N) is 4. The number of benzene rings is 2. The van der Waals surface area contributed by atoms with Crippen LogP contribution in [0.15, 0.2) is 55.1 Å². The number of amides is 2. The lowest BCUT2D eigenvalue weighted by Crippen LogP contribution is -2.68. The average molecular weight is 796 g/mol. The quantitative estimate of drug-likeness (QED) is 0.128. The Hall–Kier alpha value is -3.54. The molecular formula is C46H71F2N5O4. The lowest BCUT2D eigenvalue weighted by molar-refractivity contribution is -0.125. The number of alkyl carbamates (subject to hydrolysis) is 1. The fraction of sp³-hybridized carbons (Fsp3) is 0.652. The molecule has 318 valence electrons. The van der Waals surface area contributed by atoms with Gasteiger partial charge in [0.05, 0.1) is 25.9 Å². The molecule has 2 aromatic rings. The highest BCUT2D eigenvalue weighted by atomic mass is 19.1. The van der Waals surface area contributed by atoms with Gasteiger partial charge in [-0.1, -0.05) is 51.0 Å². The summed E-state index contributed by atoms with van der Waals surface area (Å²) in [6, 6.07) is 12.7. The monoisotopic (exact) mass is 796 g/mol. The van der Waals surface area contributed by atoms with Crippen LogP contribution in [-0.2, 0) is 19.7 Å². The minimum absolute atomic E-state index is 0. The van der Waals surface area contributed by atoms with E-state index in [1.54, 1.807) is 25.3 Å². The number of halogens is 2. The van der Waals surface area contributed by atoms with Crippen LogP contribution in [0.1, 0.15) is 90.6 Å². The number of carbonyl (C=O) groups is 2. The number of ether oxygens (including phenoxy) is 2. The predicted octanol–water partition coefficient (Wildman–Crippen LogP) is 8.21. The molecular weight excluding hydrogens is 725 g/mol. The number of nitrogens with one attached hydrogen (secondary N) is 1. The van der Waals surface area contributed by atoms with Crippen LogP contribution in [0.2, 0.25) is 0 Å². The van der Waals surface area contributed by atoms with Crippen LogP contribution in [0.4, 0.5) is 19.3 Å². The topological polar surface area (TPSA) is 77.6 Å². The summed E-state index contributed by atoms with van der Waals surface area (Å²) in [6.45, 7) is 18.4. The van der Waals surface area contributed by atoms with Gasteiger partial charge >= 0.3 is 6.09 Å². The number of hydrogen-bond donors (Lipinski definition) is 1. The van der Waals surface area contributed by atoms with Crippen LogP contribution < -0.4 is 10.2 Å². The fourth-order valence-electron chi connectivity index (χ4n) is 10.1.